The number of aryl methyl sites for hydroxylation is 1. The van der Waals surface area contributed by atoms with E-state index in [0.717, 1.165) is 5.56 Å². The molecular weight excluding hydrogens is 614 g/mol. The minimum absolute atomic E-state index is 0.162. The Balaban J connectivity index is 1.52. The molecule has 0 saturated carbocycles. The molecule has 2 aromatic rings. The summed E-state index contributed by atoms with van der Waals surface area (Å²) in [5.74, 6) is -2.44. The molecule has 3 N–H and O–H groups in total. The highest BCUT2D eigenvalue weighted by molar-refractivity contribution is 9.09. The molecule has 3 saturated heterocycles. The van der Waals surface area contributed by atoms with Gasteiger partial charge in [0.1, 0.15) is 17.4 Å². The number of nitrogens with one attached hydrogen (secondary N) is 2. The fourth-order valence-corrected chi connectivity index (χ4v) is 7.86. The van der Waals surface area contributed by atoms with E-state index in [2.05, 4.69) is 26.6 Å². The Morgan fingerprint density at radius 2 is 1.90 bits per heavy atom. The maximum absolute atomic E-state index is 14.3. The van der Waals surface area contributed by atoms with Gasteiger partial charge in [0, 0.05) is 10.5 Å². The van der Waals surface area contributed by atoms with Crippen molar-refractivity contribution in [2.45, 2.75) is 62.7 Å². The smallest absolute Gasteiger partial charge is 0.250 e. The number of alkyl halides is 1. The number of anilines is 2. The number of hydrogen-bond donors (Lipinski definition) is 3. The number of hydrogen-bond acceptors (Lipinski definition) is 6. The van der Waals surface area contributed by atoms with Crippen LogP contribution in [0.25, 0.3) is 0 Å². The molecule has 5 rings (SSSR count). The predicted molar refractivity (Wildman–Crippen MR) is 159 cm³/mol. The number of carbonyl (C=O) groups is 3. The topological polar surface area (TPSA) is 117 Å². The summed E-state index contributed by atoms with van der Waals surface area (Å²) in [6.07, 6.45) is -0.259. The van der Waals surface area contributed by atoms with Crippen molar-refractivity contribution in [3.8, 4) is 5.75 Å². The SMILES string of the molecule is CCOc1ccc(NC(=O)[C@H]2[C@H]3C(=O)N([C@@H](CO)C(C)C)C(C(=O)Nc4c(C)cccc4Cl)C34CC(Br)[C@@H]2O4)cc1. The number of carbonyl (C=O) groups excluding carboxylic acids is 3. The number of benzene rings is 2. The number of nitrogens with zero attached hydrogens (tertiary/aromatic N) is 1. The van der Waals surface area contributed by atoms with Gasteiger partial charge < -0.3 is 30.1 Å². The largest absolute Gasteiger partial charge is 0.494 e. The van der Waals surface area contributed by atoms with Crippen molar-refractivity contribution in [1.82, 2.24) is 4.90 Å². The van der Waals surface area contributed by atoms with Gasteiger partial charge in [-0.15, -0.1) is 0 Å². The number of para-hydroxylation sites is 1. The molecule has 3 fully saturated rings. The van der Waals surface area contributed by atoms with Crippen molar-refractivity contribution < 1.29 is 29.0 Å². The summed E-state index contributed by atoms with van der Waals surface area (Å²) in [5.41, 5.74) is 0.506. The number of halogens is 2. The number of amides is 3. The average Bonchev–Trinajstić information content (AvgIpc) is 3.51. The van der Waals surface area contributed by atoms with E-state index in [1.807, 2.05) is 33.8 Å². The Hall–Kier alpha value is -2.66. The lowest BCUT2D eigenvalue weighted by Gasteiger charge is -2.38. The zero-order chi connectivity index (χ0) is 29.6. The van der Waals surface area contributed by atoms with E-state index in [0.29, 0.717) is 35.2 Å². The molecule has 220 valence electrons. The van der Waals surface area contributed by atoms with E-state index >= 15 is 0 Å². The Morgan fingerprint density at radius 1 is 1.20 bits per heavy atom. The van der Waals surface area contributed by atoms with E-state index < -0.39 is 41.5 Å². The third kappa shape index (κ3) is 5.02. The zero-order valence-electron chi connectivity index (χ0n) is 23.4. The van der Waals surface area contributed by atoms with Crippen molar-refractivity contribution in [1.29, 1.82) is 0 Å². The number of aliphatic hydroxyl groups excluding tert-OH is 1. The minimum Gasteiger partial charge on any atom is -0.494 e. The summed E-state index contributed by atoms with van der Waals surface area (Å²) in [7, 11) is 0. The van der Waals surface area contributed by atoms with Crippen LogP contribution in [0.5, 0.6) is 5.75 Å². The lowest BCUT2D eigenvalue weighted by Crippen LogP contribution is -2.57. The first-order chi connectivity index (χ1) is 19.5. The number of rotatable bonds is 9. The number of ether oxygens (including phenoxy) is 2. The highest BCUT2D eigenvalue weighted by Crippen LogP contribution is 2.60. The average molecular weight is 649 g/mol. The molecule has 3 aliphatic heterocycles. The van der Waals surface area contributed by atoms with Gasteiger partial charge in [-0.2, -0.15) is 0 Å². The van der Waals surface area contributed by atoms with Crippen LogP contribution in [0.1, 0.15) is 32.8 Å². The highest BCUT2D eigenvalue weighted by atomic mass is 79.9. The van der Waals surface area contributed by atoms with Crippen molar-refractivity contribution in [2.75, 3.05) is 23.8 Å². The van der Waals surface area contributed by atoms with Crippen LogP contribution in [0.4, 0.5) is 11.4 Å². The number of aliphatic hydroxyl groups is 1. The van der Waals surface area contributed by atoms with Crippen molar-refractivity contribution >= 4 is 56.6 Å². The summed E-state index contributed by atoms with van der Waals surface area (Å²) >= 11 is 10.1. The van der Waals surface area contributed by atoms with E-state index in [1.54, 1.807) is 36.4 Å². The lowest BCUT2D eigenvalue weighted by atomic mass is 9.70. The van der Waals surface area contributed by atoms with Gasteiger partial charge in [0.2, 0.25) is 17.7 Å². The van der Waals surface area contributed by atoms with Gasteiger partial charge in [-0.3, -0.25) is 14.4 Å². The van der Waals surface area contributed by atoms with E-state index in [1.165, 1.54) is 4.90 Å². The van der Waals surface area contributed by atoms with Crippen LogP contribution in [-0.2, 0) is 19.1 Å². The first-order valence-electron chi connectivity index (χ1n) is 13.9. The maximum Gasteiger partial charge on any atom is 0.250 e. The Labute approximate surface area is 253 Å². The second-order valence-electron chi connectivity index (χ2n) is 11.3. The first kappa shape index (κ1) is 29.8. The second-order valence-corrected chi connectivity index (χ2v) is 12.9. The van der Waals surface area contributed by atoms with Gasteiger partial charge in [-0.25, -0.2) is 0 Å². The molecule has 9 nitrogen and oxygen atoms in total. The first-order valence-corrected chi connectivity index (χ1v) is 15.2. The molecule has 0 radical (unpaired) electrons. The standard InChI is InChI=1S/C30H35BrClN3O6/c1-5-40-18-11-9-17(10-12-18)33-27(37)22-23-29(39)35(21(14-36)15(2)3)26(30(23)13-19(31)25(22)41-30)28(38)34-24-16(4)7-6-8-20(24)32/h6-12,15,19,21-23,25-26,36H,5,13-14H2,1-4H3,(H,33,37)(H,34,38)/t19?,21-,22-,23-,25-,26?,30?/m0/s1. The molecule has 7 atom stereocenters. The van der Waals surface area contributed by atoms with Crippen LogP contribution in [0, 0.1) is 24.7 Å². The second kappa shape index (κ2) is 11.6. The summed E-state index contributed by atoms with van der Waals surface area (Å²) in [4.78, 5) is 43.4. The molecule has 3 aliphatic rings. The van der Waals surface area contributed by atoms with Crippen molar-refractivity contribution in [3.05, 3.63) is 53.1 Å². The molecule has 3 amide bonds. The normalized spacial score (nSPS) is 29.0. The molecular formula is C30H35BrClN3O6. The van der Waals surface area contributed by atoms with Gasteiger partial charge in [-0.1, -0.05) is 53.5 Å². The molecule has 0 aliphatic carbocycles. The fraction of sp³-hybridized carbons (Fsp3) is 0.500. The molecule has 2 bridgehead atoms. The quantitative estimate of drug-likeness (QED) is 0.348. The van der Waals surface area contributed by atoms with Crippen molar-refractivity contribution in [2.24, 2.45) is 17.8 Å². The third-order valence-electron chi connectivity index (χ3n) is 8.50. The molecule has 0 aromatic heterocycles. The van der Waals surface area contributed by atoms with Crippen LogP contribution >= 0.6 is 27.5 Å². The van der Waals surface area contributed by atoms with Crippen LogP contribution in [-0.4, -0.2) is 69.6 Å². The van der Waals surface area contributed by atoms with Crippen LogP contribution in [0.15, 0.2) is 42.5 Å². The number of fused-ring (bicyclic) bond motifs is 1. The molecule has 2 aromatic carbocycles. The minimum atomic E-state index is -1.27. The molecule has 11 heteroatoms. The Kier molecular flexibility index (Phi) is 8.40. The van der Waals surface area contributed by atoms with Gasteiger partial charge in [0.05, 0.1) is 47.9 Å². The fourth-order valence-electron chi connectivity index (χ4n) is 6.65. The predicted octanol–water partition coefficient (Wildman–Crippen LogP) is 4.39. The van der Waals surface area contributed by atoms with Gasteiger partial charge >= 0.3 is 0 Å². The zero-order valence-corrected chi connectivity index (χ0v) is 25.7. The maximum atomic E-state index is 14.3. The summed E-state index contributed by atoms with van der Waals surface area (Å²) < 4.78 is 12.0. The molecule has 1 spiro atoms. The Morgan fingerprint density at radius 3 is 2.51 bits per heavy atom. The monoisotopic (exact) mass is 647 g/mol. The van der Waals surface area contributed by atoms with Crippen LogP contribution in [0.2, 0.25) is 5.02 Å². The lowest BCUT2D eigenvalue weighted by molar-refractivity contribution is -0.144. The van der Waals surface area contributed by atoms with E-state index in [4.69, 9.17) is 21.1 Å². The van der Waals surface area contributed by atoms with Crippen LogP contribution < -0.4 is 15.4 Å². The van der Waals surface area contributed by atoms with Gasteiger partial charge in [0.25, 0.3) is 0 Å². The van der Waals surface area contributed by atoms with Crippen LogP contribution in [0.3, 0.4) is 0 Å². The van der Waals surface area contributed by atoms with E-state index in [-0.39, 0.29) is 29.2 Å². The summed E-state index contributed by atoms with van der Waals surface area (Å²) in [5, 5.41) is 16.6. The van der Waals surface area contributed by atoms with Gasteiger partial charge in [0.15, 0.2) is 0 Å². The summed E-state index contributed by atoms with van der Waals surface area (Å²) in [6, 6.07) is 10.6. The molecule has 41 heavy (non-hydrogen) atoms. The van der Waals surface area contributed by atoms with E-state index in [9.17, 15) is 19.5 Å². The third-order valence-corrected chi connectivity index (χ3v) is 9.65. The highest BCUT2D eigenvalue weighted by Gasteiger charge is 2.77. The number of likely N-dealkylation sites (tertiary alicyclic amines) is 1. The Bertz CT molecular complexity index is 1320. The molecule has 3 heterocycles. The molecule has 3 unspecified atom stereocenters. The van der Waals surface area contributed by atoms with Crippen molar-refractivity contribution in [3.63, 3.8) is 0 Å². The summed E-state index contributed by atoms with van der Waals surface area (Å²) in [6.45, 7) is 7.67. The van der Waals surface area contributed by atoms with Gasteiger partial charge in [-0.05, 0) is 62.1 Å².